The number of hydrogen-bond acceptors (Lipinski definition) is 0. The zero-order chi connectivity index (χ0) is 6.10. The Labute approximate surface area is 65.5 Å². The Balaban J connectivity index is 0.000000500. The van der Waals surface area contributed by atoms with Gasteiger partial charge in [0.1, 0.15) is 0 Å². The molecule has 0 amide bonds. The molecule has 0 radical (unpaired) electrons. The highest BCUT2D eigenvalue weighted by Gasteiger charge is 1.86. The van der Waals surface area contributed by atoms with Gasteiger partial charge in [0, 0.05) is 12.4 Å². The number of halogens is 1. The van der Waals surface area contributed by atoms with Crippen LogP contribution >= 0.6 is 0 Å². The number of aromatic amines is 1. The molecule has 0 aliphatic rings. The molecule has 0 atom stereocenters. The van der Waals surface area contributed by atoms with Gasteiger partial charge in [-0.25, -0.2) is 0 Å². The van der Waals surface area contributed by atoms with Gasteiger partial charge in [0.25, 0.3) is 0 Å². The Morgan fingerprint density at radius 3 is 1.90 bits per heavy atom. The lowest BCUT2D eigenvalue weighted by molar-refractivity contribution is -0.00000178. The van der Waals surface area contributed by atoms with Crippen molar-refractivity contribution < 1.29 is 12.4 Å². The van der Waals surface area contributed by atoms with Crippen molar-refractivity contribution in [1.82, 2.24) is 4.98 Å². The minimum Gasteiger partial charge on any atom is -1.00 e. The number of fused-ring (bicyclic) bond motifs is 1. The quantitative estimate of drug-likeness (QED) is 0.508. The second-order valence-electron chi connectivity index (χ2n) is 2.08. The number of nitrogens with one attached hydrogen (secondary N) is 1. The van der Waals surface area contributed by atoms with E-state index < -0.39 is 0 Å². The van der Waals surface area contributed by atoms with E-state index in [1.807, 2.05) is 24.5 Å². The Kier molecular flexibility index (Phi) is 1.97. The molecule has 0 spiro atoms. The highest BCUT2D eigenvalue weighted by molar-refractivity contribution is 5.81. The summed E-state index contributed by atoms with van der Waals surface area (Å²) in [7, 11) is 0. The first-order chi connectivity index (χ1) is 4.47. The van der Waals surface area contributed by atoms with E-state index >= 15 is 0 Å². The van der Waals surface area contributed by atoms with Gasteiger partial charge in [-0.15, -0.1) is 0 Å². The van der Waals surface area contributed by atoms with Crippen LogP contribution in [0, 0.1) is 0 Å². The molecule has 0 saturated heterocycles. The zero-order valence-corrected chi connectivity index (χ0v) is 6.10. The van der Waals surface area contributed by atoms with Crippen molar-refractivity contribution in [1.29, 1.82) is 0 Å². The average molecular weight is 153 g/mol. The number of rotatable bonds is 0. The minimum atomic E-state index is 0. The van der Waals surface area contributed by atoms with Gasteiger partial charge in [-0.2, -0.15) is 0 Å². The smallest absolute Gasteiger partial charge is 0.00843 e. The molecule has 2 aromatic rings. The summed E-state index contributed by atoms with van der Waals surface area (Å²) in [5.74, 6) is 0. The van der Waals surface area contributed by atoms with E-state index in [0.717, 1.165) is 0 Å². The normalized spacial score (nSPS) is 9.20. The lowest BCUT2D eigenvalue weighted by Crippen LogP contribution is -3.00. The number of benzene rings is 1. The molecule has 0 bridgehead atoms. The second-order valence-corrected chi connectivity index (χ2v) is 2.08. The number of aromatic nitrogens is 1. The third kappa shape index (κ3) is 1.00. The molecule has 0 unspecified atom stereocenters. The predicted molar refractivity (Wildman–Crippen MR) is 38.3 cm³/mol. The topological polar surface area (TPSA) is 15.8 Å². The SMILES string of the molecule is [Cl-].c1ccc2c[nH]cc2c1. The third-order valence-electron chi connectivity index (χ3n) is 1.47. The lowest BCUT2D eigenvalue weighted by Gasteiger charge is -1.81. The molecule has 0 saturated carbocycles. The minimum absolute atomic E-state index is 0. The maximum Gasteiger partial charge on any atom is 0.00843 e. The van der Waals surface area contributed by atoms with Crippen LogP contribution < -0.4 is 12.4 Å². The van der Waals surface area contributed by atoms with Crippen LogP contribution in [0.3, 0.4) is 0 Å². The van der Waals surface area contributed by atoms with Crippen LogP contribution in [0.2, 0.25) is 0 Å². The van der Waals surface area contributed by atoms with Crippen molar-refractivity contribution in [2.45, 2.75) is 0 Å². The second kappa shape index (κ2) is 2.76. The molecule has 0 aliphatic heterocycles. The van der Waals surface area contributed by atoms with Crippen molar-refractivity contribution >= 4 is 10.8 Å². The van der Waals surface area contributed by atoms with Gasteiger partial charge in [-0.05, 0) is 10.8 Å². The van der Waals surface area contributed by atoms with E-state index in [1.54, 1.807) is 0 Å². The van der Waals surface area contributed by atoms with Crippen LogP contribution in [0.25, 0.3) is 10.8 Å². The summed E-state index contributed by atoms with van der Waals surface area (Å²) in [5.41, 5.74) is 0. The fraction of sp³-hybridized carbons (Fsp3) is 0. The summed E-state index contributed by atoms with van der Waals surface area (Å²) in [6.45, 7) is 0. The van der Waals surface area contributed by atoms with E-state index in [-0.39, 0.29) is 12.4 Å². The van der Waals surface area contributed by atoms with E-state index in [4.69, 9.17) is 0 Å². The first kappa shape index (κ1) is 7.16. The maximum atomic E-state index is 3.04. The third-order valence-corrected chi connectivity index (χ3v) is 1.47. The lowest BCUT2D eigenvalue weighted by atomic mass is 10.2. The summed E-state index contributed by atoms with van der Waals surface area (Å²) in [4.78, 5) is 3.04. The Morgan fingerprint density at radius 2 is 1.40 bits per heavy atom. The van der Waals surface area contributed by atoms with Gasteiger partial charge in [0.05, 0.1) is 0 Å². The van der Waals surface area contributed by atoms with E-state index in [1.165, 1.54) is 10.8 Å². The fourth-order valence-corrected chi connectivity index (χ4v) is 0.995. The van der Waals surface area contributed by atoms with Gasteiger partial charge in [0.15, 0.2) is 0 Å². The van der Waals surface area contributed by atoms with Gasteiger partial charge in [0.2, 0.25) is 0 Å². The van der Waals surface area contributed by atoms with Crippen molar-refractivity contribution in [2.24, 2.45) is 0 Å². The van der Waals surface area contributed by atoms with E-state index in [2.05, 4.69) is 17.1 Å². The van der Waals surface area contributed by atoms with Crippen LogP contribution in [0.15, 0.2) is 36.7 Å². The molecule has 0 fully saturated rings. The highest BCUT2D eigenvalue weighted by Crippen LogP contribution is 2.10. The van der Waals surface area contributed by atoms with E-state index in [9.17, 15) is 0 Å². The standard InChI is InChI=1S/C8H7N.ClH/c1-2-4-8-6-9-5-7(8)3-1;/h1-6,9H;1H/p-1. The average Bonchev–Trinajstić information content (AvgIpc) is 2.33. The molecule has 1 N–H and O–H groups in total. The first-order valence-electron chi connectivity index (χ1n) is 2.98. The van der Waals surface area contributed by atoms with Crippen molar-refractivity contribution in [3.05, 3.63) is 36.7 Å². The van der Waals surface area contributed by atoms with Crippen LogP contribution in [-0.4, -0.2) is 4.98 Å². The van der Waals surface area contributed by atoms with Crippen LogP contribution in [-0.2, 0) is 0 Å². The summed E-state index contributed by atoms with van der Waals surface area (Å²) >= 11 is 0. The number of hydrogen-bond donors (Lipinski definition) is 1. The van der Waals surface area contributed by atoms with Crippen molar-refractivity contribution in [2.75, 3.05) is 0 Å². The molecule has 2 heteroatoms. The van der Waals surface area contributed by atoms with Gasteiger partial charge in [-0.3, -0.25) is 0 Å². The molecule has 52 valence electrons. The van der Waals surface area contributed by atoms with Gasteiger partial charge >= 0.3 is 0 Å². The summed E-state index contributed by atoms with van der Waals surface area (Å²) in [5, 5.41) is 2.55. The Bertz CT molecular complexity index is 283. The first-order valence-corrected chi connectivity index (χ1v) is 2.98. The molecule has 1 nitrogen and oxygen atoms in total. The van der Waals surface area contributed by atoms with Crippen molar-refractivity contribution in [3.8, 4) is 0 Å². The van der Waals surface area contributed by atoms with Gasteiger partial charge in [-0.1, -0.05) is 24.3 Å². The predicted octanol–water partition coefficient (Wildman–Crippen LogP) is -0.828. The molecule has 10 heavy (non-hydrogen) atoms. The van der Waals surface area contributed by atoms with Crippen molar-refractivity contribution in [3.63, 3.8) is 0 Å². The molecular weight excluding hydrogens is 146 g/mol. The van der Waals surface area contributed by atoms with Gasteiger partial charge < -0.3 is 17.4 Å². The molecule has 1 heterocycles. The fourth-order valence-electron chi connectivity index (χ4n) is 0.995. The maximum absolute atomic E-state index is 3.04. The van der Waals surface area contributed by atoms with Crippen LogP contribution in [0.4, 0.5) is 0 Å². The molecular formula is C8H7ClN-. The zero-order valence-electron chi connectivity index (χ0n) is 5.34. The Hall–Kier alpha value is -0.950. The van der Waals surface area contributed by atoms with Crippen LogP contribution in [0.1, 0.15) is 0 Å². The molecule has 1 aromatic heterocycles. The van der Waals surface area contributed by atoms with Crippen LogP contribution in [0.5, 0.6) is 0 Å². The summed E-state index contributed by atoms with van der Waals surface area (Å²) in [6, 6.07) is 8.25. The highest BCUT2D eigenvalue weighted by atomic mass is 35.5. The summed E-state index contributed by atoms with van der Waals surface area (Å²) < 4.78 is 0. The molecule has 0 aliphatic carbocycles. The number of H-pyrrole nitrogens is 1. The molecule has 2 rings (SSSR count). The Morgan fingerprint density at radius 1 is 0.900 bits per heavy atom. The largest absolute Gasteiger partial charge is 1.00 e. The monoisotopic (exact) mass is 152 g/mol. The molecule has 1 aromatic carbocycles. The van der Waals surface area contributed by atoms with E-state index in [0.29, 0.717) is 0 Å². The summed E-state index contributed by atoms with van der Waals surface area (Å²) in [6.07, 6.45) is 3.99.